The third kappa shape index (κ3) is 3.44. The fourth-order valence-electron chi connectivity index (χ4n) is 1.98. The lowest BCUT2D eigenvalue weighted by atomic mass is 10.1. The average Bonchev–Trinajstić information content (AvgIpc) is 2.41. The Morgan fingerprint density at radius 3 is 3.05 bits per heavy atom. The smallest absolute Gasteiger partial charge is 0.334 e. The van der Waals surface area contributed by atoms with Crippen molar-refractivity contribution in [3.63, 3.8) is 0 Å². The van der Waals surface area contributed by atoms with Gasteiger partial charge in [0.05, 0.1) is 18.2 Å². The van der Waals surface area contributed by atoms with Crippen LogP contribution in [0.1, 0.15) is 11.1 Å². The van der Waals surface area contributed by atoms with Crippen molar-refractivity contribution in [2.45, 2.75) is 12.6 Å². The molecular formula is C13H13ClN2O3. The maximum atomic E-state index is 10.9. The van der Waals surface area contributed by atoms with Gasteiger partial charge in [0.25, 0.3) is 0 Å². The Bertz CT molecular complexity index is 527. The van der Waals surface area contributed by atoms with E-state index in [1.807, 2.05) is 11.0 Å². The van der Waals surface area contributed by atoms with E-state index in [-0.39, 0.29) is 0 Å². The van der Waals surface area contributed by atoms with Crippen LogP contribution in [0.5, 0.6) is 0 Å². The van der Waals surface area contributed by atoms with E-state index in [9.17, 15) is 4.79 Å². The zero-order valence-electron chi connectivity index (χ0n) is 10.2. The molecule has 0 aliphatic carbocycles. The molecule has 19 heavy (non-hydrogen) atoms. The number of benzene rings is 1. The Balaban J connectivity index is 2.05. The van der Waals surface area contributed by atoms with Crippen LogP contribution < -0.4 is 0 Å². The second-order valence-electron chi connectivity index (χ2n) is 4.35. The summed E-state index contributed by atoms with van der Waals surface area (Å²) in [4.78, 5) is 12.9. The molecule has 1 aromatic carbocycles. The fraction of sp³-hybridized carbons (Fsp3) is 0.385. The number of rotatable bonds is 3. The van der Waals surface area contributed by atoms with E-state index in [2.05, 4.69) is 0 Å². The zero-order chi connectivity index (χ0) is 13.8. The molecule has 1 aliphatic heterocycles. The van der Waals surface area contributed by atoms with Crippen LogP contribution in [0.2, 0.25) is 5.02 Å². The Morgan fingerprint density at radius 1 is 1.63 bits per heavy atom. The summed E-state index contributed by atoms with van der Waals surface area (Å²) in [5.74, 6) is -0.948. The first-order chi connectivity index (χ1) is 9.10. The molecule has 100 valence electrons. The molecule has 1 aliphatic rings. The lowest BCUT2D eigenvalue weighted by Gasteiger charge is -2.30. The minimum Gasteiger partial charge on any atom is -0.479 e. The summed E-state index contributed by atoms with van der Waals surface area (Å²) in [5, 5.41) is 18.2. The number of ether oxygens (including phenoxy) is 1. The predicted octanol–water partition coefficient (Wildman–Crippen LogP) is 1.50. The van der Waals surface area contributed by atoms with E-state index in [0.29, 0.717) is 36.8 Å². The summed E-state index contributed by atoms with van der Waals surface area (Å²) < 4.78 is 5.16. The molecule has 2 rings (SSSR count). The molecule has 1 unspecified atom stereocenters. The molecule has 5 nitrogen and oxygen atoms in total. The molecule has 1 atom stereocenters. The molecule has 1 saturated heterocycles. The highest BCUT2D eigenvalue weighted by molar-refractivity contribution is 6.31. The van der Waals surface area contributed by atoms with Crippen LogP contribution in [0.3, 0.4) is 0 Å². The van der Waals surface area contributed by atoms with Gasteiger partial charge in [0.1, 0.15) is 0 Å². The molecule has 1 heterocycles. The summed E-state index contributed by atoms with van der Waals surface area (Å²) in [6.07, 6.45) is -0.786. The van der Waals surface area contributed by atoms with Gasteiger partial charge in [-0.3, -0.25) is 4.90 Å². The number of aliphatic carboxylic acids is 1. The van der Waals surface area contributed by atoms with Gasteiger partial charge >= 0.3 is 5.97 Å². The van der Waals surface area contributed by atoms with Crippen molar-refractivity contribution >= 4 is 17.6 Å². The van der Waals surface area contributed by atoms with Crippen molar-refractivity contribution in [1.82, 2.24) is 4.90 Å². The summed E-state index contributed by atoms with van der Waals surface area (Å²) in [6.45, 7) is 1.95. The molecule has 0 amide bonds. The van der Waals surface area contributed by atoms with Crippen molar-refractivity contribution in [2.75, 3.05) is 19.7 Å². The zero-order valence-corrected chi connectivity index (χ0v) is 10.9. The third-order valence-corrected chi connectivity index (χ3v) is 3.35. The van der Waals surface area contributed by atoms with Crippen LogP contribution >= 0.6 is 11.6 Å². The topological polar surface area (TPSA) is 73.6 Å². The lowest BCUT2D eigenvalue weighted by molar-refractivity contribution is -0.156. The Kier molecular flexibility index (Phi) is 4.38. The fourth-order valence-corrected chi connectivity index (χ4v) is 2.22. The van der Waals surface area contributed by atoms with Gasteiger partial charge < -0.3 is 9.84 Å². The van der Waals surface area contributed by atoms with Gasteiger partial charge in [0.15, 0.2) is 6.10 Å². The van der Waals surface area contributed by atoms with Gasteiger partial charge in [0.2, 0.25) is 0 Å². The summed E-state index contributed by atoms with van der Waals surface area (Å²) in [6, 6.07) is 7.14. The number of hydrogen-bond acceptors (Lipinski definition) is 4. The standard InChI is InChI=1S/C13H13ClN2O3/c14-11-5-9(6-15)1-2-10(11)7-16-3-4-19-12(8-16)13(17)18/h1-2,5,12H,3-4,7-8H2,(H,17,18). The largest absolute Gasteiger partial charge is 0.479 e. The number of carboxylic acid groups (broad SMARTS) is 1. The third-order valence-electron chi connectivity index (χ3n) is 3.00. The quantitative estimate of drug-likeness (QED) is 0.908. The molecule has 0 radical (unpaired) electrons. The normalized spacial score (nSPS) is 19.9. The maximum Gasteiger partial charge on any atom is 0.334 e. The number of carbonyl (C=O) groups is 1. The van der Waals surface area contributed by atoms with Crippen molar-refractivity contribution in [3.05, 3.63) is 34.3 Å². The number of nitrogens with zero attached hydrogens (tertiary/aromatic N) is 2. The molecule has 1 aromatic rings. The molecular weight excluding hydrogens is 268 g/mol. The van der Waals surface area contributed by atoms with Crippen LogP contribution in [0, 0.1) is 11.3 Å². The monoisotopic (exact) mass is 280 g/mol. The second-order valence-corrected chi connectivity index (χ2v) is 4.76. The van der Waals surface area contributed by atoms with Crippen molar-refractivity contribution in [2.24, 2.45) is 0 Å². The van der Waals surface area contributed by atoms with Crippen LogP contribution in [0.25, 0.3) is 0 Å². The van der Waals surface area contributed by atoms with Crippen LogP contribution in [0.15, 0.2) is 18.2 Å². The van der Waals surface area contributed by atoms with E-state index in [1.165, 1.54) is 0 Å². The van der Waals surface area contributed by atoms with Gasteiger partial charge in [-0.05, 0) is 17.7 Å². The number of hydrogen-bond donors (Lipinski definition) is 1. The van der Waals surface area contributed by atoms with Gasteiger partial charge in [-0.2, -0.15) is 5.26 Å². The highest BCUT2D eigenvalue weighted by Crippen LogP contribution is 2.20. The van der Waals surface area contributed by atoms with Gasteiger partial charge in [-0.25, -0.2) is 4.79 Å². The highest BCUT2D eigenvalue weighted by Gasteiger charge is 2.26. The van der Waals surface area contributed by atoms with Crippen LogP contribution in [-0.4, -0.2) is 41.8 Å². The van der Waals surface area contributed by atoms with E-state index in [1.54, 1.807) is 18.2 Å². The first-order valence-electron chi connectivity index (χ1n) is 5.85. The van der Waals surface area contributed by atoms with Crippen molar-refractivity contribution in [3.8, 4) is 6.07 Å². The summed E-state index contributed by atoms with van der Waals surface area (Å²) >= 11 is 6.10. The summed E-state index contributed by atoms with van der Waals surface area (Å²) in [5.41, 5.74) is 1.39. The molecule has 6 heteroatoms. The lowest BCUT2D eigenvalue weighted by Crippen LogP contribution is -2.45. The summed E-state index contributed by atoms with van der Waals surface area (Å²) in [7, 11) is 0. The Morgan fingerprint density at radius 2 is 2.42 bits per heavy atom. The van der Waals surface area contributed by atoms with E-state index in [0.717, 1.165) is 5.56 Å². The number of morpholine rings is 1. The highest BCUT2D eigenvalue weighted by atomic mass is 35.5. The molecule has 1 N–H and O–H groups in total. The first-order valence-corrected chi connectivity index (χ1v) is 6.23. The molecule has 0 spiro atoms. The number of halogens is 1. The van der Waals surface area contributed by atoms with Crippen LogP contribution in [-0.2, 0) is 16.1 Å². The van der Waals surface area contributed by atoms with Gasteiger partial charge in [0, 0.05) is 24.7 Å². The van der Waals surface area contributed by atoms with E-state index < -0.39 is 12.1 Å². The number of nitriles is 1. The predicted molar refractivity (Wildman–Crippen MR) is 68.8 cm³/mol. The minimum atomic E-state index is -0.948. The van der Waals surface area contributed by atoms with Crippen molar-refractivity contribution in [1.29, 1.82) is 5.26 Å². The maximum absolute atomic E-state index is 10.9. The molecule has 0 aromatic heterocycles. The number of carboxylic acids is 1. The second kappa shape index (κ2) is 6.02. The van der Waals surface area contributed by atoms with Gasteiger partial charge in [-0.15, -0.1) is 0 Å². The molecule has 0 saturated carbocycles. The Hall–Kier alpha value is -1.61. The van der Waals surface area contributed by atoms with Gasteiger partial charge in [-0.1, -0.05) is 17.7 Å². The average molecular weight is 281 g/mol. The van der Waals surface area contributed by atoms with E-state index >= 15 is 0 Å². The minimum absolute atomic E-state index is 0.339. The van der Waals surface area contributed by atoms with Crippen LogP contribution in [0.4, 0.5) is 0 Å². The first kappa shape index (κ1) is 13.8. The SMILES string of the molecule is N#Cc1ccc(CN2CCOC(C(=O)O)C2)c(Cl)c1. The van der Waals surface area contributed by atoms with E-state index in [4.69, 9.17) is 26.7 Å². The van der Waals surface area contributed by atoms with Crippen molar-refractivity contribution < 1.29 is 14.6 Å². The molecule has 1 fully saturated rings. The Labute approximate surface area is 116 Å². The molecule has 0 bridgehead atoms.